The highest BCUT2D eigenvalue weighted by Crippen LogP contribution is 2.43. The number of nitrogens with zero attached hydrogens (tertiary/aromatic N) is 1. The first-order valence-electron chi connectivity index (χ1n) is 10.8. The van der Waals surface area contributed by atoms with E-state index >= 15 is 0 Å². The Hall–Kier alpha value is -3.12. The summed E-state index contributed by atoms with van der Waals surface area (Å²) in [4.78, 5) is 13.4. The highest BCUT2D eigenvalue weighted by molar-refractivity contribution is 7.93. The molecule has 4 rings (SSSR count). The van der Waals surface area contributed by atoms with Crippen LogP contribution in [-0.2, 0) is 14.8 Å². The summed E-state index contributed by atoms with van der Waals surface area (Å²) in [7, 11) is -3.86. The average molecular weight is 449 g/mol. The van der Waals surface area contributed by atoms with Gasteiger partial charge in [0.25, 0.3) is 10.0 Å². The molecular formula is C26H28N2O3S. The van der Waals surface area contributed by atoms with Crippen LogP contribution in [0.5, 0.6) is 0 Å². The van der Waals surface area contributed by atoms with Crippen molar-refractivity contribution >= 4 is 21.6 Å². The molecule has 0 aliphatic carbocycles. The first kappa shape index (κ1) is 22.1. The lowest BCUT2D eigenvalue weighted by Gasteiger charge is -2.32. The fraction of sp³-hybridized carbons (Fsp3) is 0.269. The number of carbonyl (C=O) groups excluding carboxylic acids is 1. The highest BCUT2D eigenvalue weighted by atomic mass is 32.2. The lowest BCUT2D eigenvalue weighted by Crippen LogP contribution is -2.43. The summed E-state index contributed by atoms with van der Waals surface area (Å²) in [6.07, 6.45) is 0.765. The van der Waals surface area contributed by atoms with E-state index in [0.29, 0.717) is 17.2 Å². The minimum Gasteiger partial charge on any atom is -0.348 e. The van der Waals surface area contributed by atoms with E-state index in [-0.39, 0.29) is 23.4 Å². The third-order valence-corrected chi connectivity index (χ3v) is 7.52. The number of carbonyl (C=O) groups is 1. The molecule has 6 heteroatoms. The molecule has 1 amide bonds. The first-order chi connectivity index (χ1) is 15.3. The summed E-state index contributed by atoms with van der Waals surface area (Å²) < 4.78 is 28.2. The molecule has 0 bridgehead atoms. The van der Waals surface area contributed by atoms with E-state index in [2.05, 4.69) is 19.2 Å². The maximum atomic E-state index is 13.5. The average Bonchev–Trinajstić information content (AvgIpc) is 2.77. The predicted octanol–water partition coefficient (Wildman–Crippen LogP) is 5.07. The highest BCUT2D eigenvalue weighted by Gasteiger charge is 2.36. The molecule has 166 valence electrons. The van der Waals surface area contributed by atoms with Gasteiger partial charge in [-0.05, 0) is 43.0 Å². The number of aryl methyl sites for hydroxylation is 1. The normalized spacial score (nSPS) is 15.1. The molecule has 0 aromatic heterocycles. The maximum Gasteiger partial charge on any atom is 0.265 e. The fourth-order valence-electron chi connectivity index (χ4n) is 4.22. The van der Waals surface area contributed by atoms with Gasteiger partial charge in [0.1, 0.15) is 6.54 Å². The van der Waals surface area contributed by atoms with E-state index < -0.39 is 10.0 Å². The summed E-state index contributed by atoms with van der Waals surface area (Å²) in [6, 6.07) is 22.2. The van der Waals surface area contributed by atoms with Crippen LogP contribution < -0.4 is 9.62 Å². The summed E-state index contributed by atoms with van der Waals surface area (Å²) in [5.41, 5.74) is 4.07. The maximum absolute atomic E-state index is 13.5. The molecule has 5 nitrogen and oxygen atoms in total. The quantitative estimate of drug-likeness (QED) is 0.572. The van der Waals surface area contributed by atoms with Crippen molar-refractivity contribution < 1.29 is 13.2 Å². The van der Waals surface area contributed by atoms with Gasteiger partial charge in [-0.3, -0.25) is 9.10 Å². The van der Waals surface area contributed by atoms with Crippen molar-refractivity contribution in [1.82, 2.24) is 5.32 Å². The molecule has 0 saturated carbocycles. The molecule has 32 heavy (non-hydrogen) atoms. The Labute approximate surface area is 190 Å². The van der Waals surface area contributed by atoms with Crippen molar-refractivity contribution in [3.63, 3.8) is 0 Å². The smallest absolute Gasteiger partial charge is 0.265 e. The van der Waals surface area contributed by atoms with E-state index in [1.807, 2.05) is 61.5 Å². The molecule has 0 fully saturated rings. The van der Waals surface area contributed by atoms with Crippen molar-refractivity contribution in [2.45, 2.75) is 38.1 Å². The molecular weight excluding hydrogens is 420 g/mol. The van der Waals surface area contributed by atoms with Crippen LogP contribution in [0.25, 0.3) is 11.1 Å². The number of hydrogen-bond acceptors (Lipinski definition) is 3. The van der Waals surface area contributed by atoms with E-state index in [1.54, 1.807) is 18.2 Å². The third kappa shape index (κ3) is 4.28. The molecule has 1 atom stereocenters. The Kier molecular flexibility index (Phi) is 6.07. The number of rotatable bonds is 6. The van der Waals surface area contributed by atoms with Crippen LogP contribution in [0.15, 0.2) is 77.7 Å². The van der Waals surface area contributed by atoms with Crippen molar-refractivity contribution in [3.05, 3.63) is 83.9 Å². The Morgan fingerprint density at radius 3 is 2.34 bits per heavy atom. The third-order valence-electron chi connectivity index (χ3n) is 5.70. The summed E-state index contributed by atoms with van der Waals surface area (Å²) in [5, 5.41) is 3.07. The standard InChI is InChI=1S/C26H28N2O3S/c1-18(2)15-23(20-9-5-4-6-10-20)27-26(29)17-28-24-14-13-19(3)16-22(24)21-11-7-8-12-25(21)32(28,30)31/h4-14,16,18,23H,15,17H2,1-3H3,(H,27,29). The van der Waals surface area contributed by atoms with Gasteiger partial charge in [-0.1, -0.05) is 74.0 Å². The zero-order valence-corrected chi connectivity index (χ0v) is 19.4. The molecule has 1 aliphatic rings. The Morgan fingerprint density at radius 2 is 1.62 bits per heavy atom. The van der Waals surface area contributed by atoms with Gasteiger partial charge in [-0.25, -0.2) is 8.42 Å². The van der Waals surface area contributed by atoms with Gasteiger partial charge in [0.15, 0.2) is 0 Å². The molecule has 1 heterocycles. The van der Waals surface area contributed by atoms with Gasteiger partial charge in [0.2, 0.25) is 5.91 Å². The molecule has 1 unspecified atom stereocenters. The van der Waals surface area contributed by atoms with Crippen LogP contribution >= 0.6 is 0 Å². The van der Waals surface area contributed by atoms with Gasteiger partial charge in [-0.2, -0.15) is 0 Å². The lowest BCUT2D eigenvalue weighted by molar-refractivity contribution is -0.120. The number of anilines is 1. The summed E-state index contributed by atoms with van der Waals surface area (Å²) in [5.74, 6) is 0.0452. The van der Waals surface area contributed by atoms with E-state index in [1.165, 1.54) is 4.31 Å². The van der Waals surface area contributed by atoms with Crippen LogP contribution in [0.1, 0.15) is 37.4 Å². The minimum atomic E-state index is -3.86. The minimum absolute atomic E-state index is 0.180. The van der Waals surface area contributed by atoms with Crippen LogP contribution in [0.2, 0.25) is 0 Å². The van der Waals surface area contributed by atoms with Crippen molar-refractivity contribution in [1.29, 1.82) is 0 Å². The van der Waals surface area contributed by atoms with Crippen LogP contribution in [0, 0.1) is 12.8 Å². The second-order valence-corrected chi connectivity index (χ2v) is 10.5. The molecule has 3 aromatic carbocycles. The Balaban J connectivity index is 1.67. The second kappa shape index (κ2) is 8.79. The van der Waals surface area contributed by atoms with E-state index in [0.717, 1.165) is 23.1 Å². The number of amides is 1. The SMILES string of the molecule is Cc1ccc2c(c1)-c1ccccc1S(=O)(=O)N2CC(=O)NC(CC(C)C)c1ccccc1. The fourth-order valence-corrected chi connectivity index (χ4v) is 5.87. The zero-order chi connectivity index (χ0) is 22.9. The largest absolute Gasteiger partial charge is 0.348 e. The van der Waals surface area contributed by atoms with Gasteiger partial charge >= 0.3 is 0 Å². The second-order valence-electron chi connectivity index (χ2n) is 8.69. The Morgan fingerprint density at radius 1 is 0.938 bits per heavy atom. The van der Waals surface area contributed by atoms with Gasteiger partial charge in [0, 0.05) is 11.1 Å². The first-order valence-corrected chi connectivity index (χ1v) is 12.3. The number of fused-ring (bicyclic) bond motifs is 3. The van der Waals surface area contributed by atoms with Crippen LogP contribution in [0.3, 0.4) is 0 Å². The molecule has 1 N–H and O–H groups in total. The number of sulfonamides is 1. The van der Waals surface area contributed by atoms with Gasteiger partial charge in [0.05, 0.1) is 16.6 Å². The molecule has 0 spiro atoms. The van der Waals surface area contributed by atoms with Crippen molar-refractivity contribution in [2.24, 2.45) is 5.92 Å². The number of nitrogens with one attached hydrogen (secondary N) is 1. The van der Waals surface area contributed by atoms with Crippen molar-refractivity contribution in [3.8, 4) is 11.1 Å². The van der Waals surface area contributed by atoms with Crippen LogP contribution in [0.4, 0.5) is 5.69 Å². The molecule has 3 aromatic rings. The van der Waals surface area contributed by atoms with E-state index in [9.17, 15) is 13.2 Å². The monoisotopic (exact) mass is 448 g/mol. The topological polar surface area (TPSA) is 66.5 Å². The summed E-state index contributed by atoms with van der Waals surface area (Å²) >= 11 is 0. The van der Waals surface area contributed by atoms with E-state index in [4.69, 9.17) is 0 Å². The zero-order valence-electron chi connectivity index (χ0n) is 18.6. The predicted molar refractivity (Wildman–Crippen MR) is 128 cm³/mol. The number of benzene rings is 3. The van der Waals surface area contributed by atoms with Crippen molar-refractivity contribution in [2.75, 3.05) is 10.8 Å². The molecule has 1 aliphatic heterocycles. The van der Waals surface area contributed by atoms with Crippen LogP contribution in [-0.4, -0.2) is 20.9 Å². The molecule has 0 radical (unpaired) electrons. The lowest BCUT2D eigenvalue weighted by atomic mass is 9.97. The number of hydrogen-bond donors (Lipinski definition) is 1. The molecule has 0 saturated heterocycles. The Bertz CT molecular complexity index is 1240. The van der Waals surface area contributed by atoms with Gasteiger partial charge < -0.3 is 5.32 Å². The summed E-state index contributed by atoms with van der Waals surface area (Å²) in [6.45, 7) is 5.91. The van der Waals surface area contributed by atoms with Gasteiger partial charge in [-0.15, -0.1) is 0 Å².